The predicted octanol–water partition coefficient (Wildman–Crippen LogP) is 0.799. The molecule has 0 radical (unpaired) electrons. The molecule has 1 aliphatic heterocycles. The summed E-state index contributed by atoms with van der Waals surface area (Å²) >= 11 is 0. The molecule has 0 aromatic heterocycles. The van der Waals surface area contributed by atoms with Gasteiger partial charge in [0, 0.05) is 31.2 Å². The van der Waals surface area contributed by atoms with E-state index in [9.17, 15) is 4.79 Å². The number of amides is 1. The zero-order chi connectivity index (χ0) is 11.4. The monoisotopic (exact) mass is 226 g/mol. The second kappa shape index (κ2) is 5.64. The van der Waals surface area contributed by atoms with Gasteiger partial charge in [0.15, 0.2) is 0 Å². The highest BCUT2D eigenvalue weighted by molar-refractivity contribution is 5.76. The number of ether oxygens (including phenoxy) is 1. The van der Waals surface area contributed by atoms with E-state index in [4.69, 9.17) is 10.5 Å². The molecule has 2 aliphatic rings. The Hall–Kier alpha value is -0.610. The van der Waals surface area contributed by atoms with Crippen LogP contribution in [0.4, 0.5) is 0 Å². The molecule has 4 nitrogen and oxygen atoms in total. The topological polar surface area (TPSA) is 64.4 Å². The predicted molar refractivity (Wildman–Crippen MR) is 61.9 cm³/mol. The lowest BCUT2D eigenvalue weighted by Crippen LogP contribution is -2.45. The Morgan fingerprint density at radius 1 is 1.12 bits per heavy atom. The van der Waals surface area contributed by atoms with E-state index in [1.807, 2.05) is 0 Å². The standard InChI is InChI=1S/C12H22N2O2/c13-12(15)9-2-1-3-11(8-9)14-10-4-6-16-7-5-10/h9-11,14H,1-8H2,(H2,13,15). The third kappa shape index (κ3) is 3.19. The number of hydrogen-bond acceptors (Lipinski definition) is 3. The van der Waals surface area contributed by atoms with Crippen molar-refractivity contribution in [3.63, 3.8) is 0 Å². The molecule has 1 amide bonds. The second-order valence-electron chi connectivity index (χ2n) is 5.02. The lowest BCUT2D eigenvalue weighted by Gasteiger charge is -2.33. The number of carbonyl (C=O) groups is 1. The van der Waals surface area contributed by atoms with Gasteiger partial charge in [-0.25, -0.2) is 0 Å². The summed E-state index contributed by atoms with van der Waals surface area (Å²) in [6, 6.07) is 1.06. The summed E-state index contributed by atoms with van der Waals surface area (Å²) in [6.45, 7) is 1.73. The maximum absolute atomic E-state index is 11.2. The number of hydrogen-bond donors (Lipinski definition) is 2. The van der Waals surface area contributed by atoms with E-state index in [0.717, 1.165) is 45.3 Å². The van der Waals surface area contributed by atoms with E-state index in [1.54, 1.807) is 0 Å². The van der Waals surface area contributed by atoms with Crippen molar-refractivity contribution in [1.82, 2.24) is 5.32 Å². The molecule has 2 unspecified atom stereocenters. The third-order valence-electron chi connectivity index (χ3n) is 3.77. The first-order valence-corrected chi connectivity index (χ1v) is 6.39. The molecule has 0 bridgehead atoms. The lowest BCUT2D eigenvalue weighted by atomic mass is 9.84. The average Bonchev–Trinajstić information content (AvgIpc) is 2.30. The average molecular weight is 226 g/mol. The van der Waals surface area contributed by atoms with Crippen molar-refractivity contribution in [3.8, 4) is 0 Å². The molecule has 0 aromatic rings. The third-order valence-corrected chi connectivity index (χ3v) is 3.77. The van der Waals surface area contributed by atoms with Gasteiger partial charge in [0.25, 0.3) is 0 Å². The van der Waals surface area contributed by atoms with Crippen molar-refractivity contribution in [2.24, 2.45) is 11.7 Å². The van der Waals surface area contributed by atoms with Crippen LogP contribution in [0.5, 0.6) is 0 Å². The first-order chi connectivity index (χ1) is 7.75. The molecular weight excluding hydrogens is 204 g/mol. The second-order valence-corrected chi connectivity index (χ2v) is 5.02. The maximum atomic E-state index is 11.2. The molecule has 1 heterocycles. The van der Waals surface area contributed by atoms with Crippen LogP contribution >= 0.6 is 0 Å². The quantitative estimate of drug-likeness (QED) is 0.748. The van der Waals surface area contributed by atoms with E-state index in [0.29, 0.717) is 12.1 Å². The molecule has 1 saturated carbocycles. The van der Waals surface area contributed by atoms with Crippen LogP contribution in [0.1, 0.15) is 38.5 Å². The molecule has 1 aliphatic carbocycles. The number of nitrogens with one attached hydrogen (secondary N) is 1. The summed E-state index contributed by atoms with van der Waals surface area (Å²) in [5, 5.41) is 3.65. The first-order valence-electron chi connectivity index (χ1n) is 6.39. The summed E-state index contributed by atoms with van der Waals surface area (Å²) < 4.78 is 5.33. The number of rotatable bonds is 3. The van der Waals surface area contributed by atoms with Crippen LogP contribution in [0.3, 0.4) is 0 Å². The minimum absolute atomic E-state index is 0.0890. The Kier molecular flexibility index (Phi) is 4.18. The van der Waals surface area contributed by atoms with Gasteiger partial charge in [0.05, 0.1) is 0 Å². The molecule has 92 valence electrons. The Morgan fingerprint density at radius 2 is 1.88 bits per heavy atom. The van der Waals surface area contributed by atoms with Crippen molar-refractivity contribution >= 4 is 5.91 Å². The van der Waals surface area contributed by atoms with E-state index in [1.165, 1.54) is 6.42 Å². The van der Waals surface area contributed by atoms with Crippen LogP contribution in [0.2, 0.25) is 0 Å². The van der Waals surface area contributed by atoms with Gasteiger partial charge >= 0.3 is 0 Å². The minimum atomic E-state index is -0.126. The molecular formula is C12H22N2O2. The zero-order valence-corrected chi connectivity index (χ0v) is 9.78. The summed E-state index contributed by atoms with van der Waals surface area (Å²) in [5.74, 6) is -0.0374. The molecule has 2 atom stereocenters. The summed E-state index contributed by atoms with van der Waals surface area (Å²) in [6.07, 6.45) is 6.39. The highest BCUT2D eigenvalue weighted by Crippen LogP contribution is 2.25. The van der Waals surface area contributed by atoms with Crippen LogP contribution in [-0.4, -0.2) is 31.2 Å². The van der Waals surface area contributed by atoms with Gasteiger partial charge in [0.1, 0.15) is 0 Å². The van der Waals surface area contributed by atoms with Gasteiger partial charge in [-0.1, -0.05) is 6.42 Å². The number of nitrogens with two attached hydrogens (primary N) is 1. The molecule has 2 rings (SSSR count). The summed E-state index contributed by atoms with van der Waals surface area (Å²) in [5.41, 5.74) is 5.38. The molecule has 2 fully saturated rings. The van der Waals surface area contributed by atoms with Crippen molar-refractivity contribution < 1.29 is 9.53 Å². The molecule has 4 heteroatoms. The zero-order valence-electron chi connectivity index (χ0n) is 9.78. The van der Waals surface area contributed by atoms with Crippen molar-refractivity contribution in [3.05, 3.63) is 0 Å². The van der Waals surface area contributed by atoms with E-state index >= 15 is 0 Å². The first kappa shape index (κ1) is 11.9. The van der Waals surface area contributed by atoms with Crippen molar-refractivity contribution in [2.45, 2.75) is 50.6 Å². The highest BCUT2D eigenvalue weighted by Gasteiger charge is 2.27. The Labute approximate surface area is 96.9 Å². The van der Waals surface area contributed by atoms with Crippen LogP contribution in [0.15, 0.2) is 0 Å². The Morgan fingerprint density at radius 3 is 2.56 bits per heavy atom. The summed E-state index contributed by atoms with van der Waals surface area (Å²) in [7, 11) is 0. The minimum Gasteiger partial charge on any atom is -0.381 e. The van der Waals surface area contributed by atoms with Crippen LogP contribution in [-0.2, 0) is 9.53 Å². The largest absolute Gasteiger partial charge is 0.381 e. The van der Waals surface area contributed by atoms with E-state index in [-0.39, 0.29) is 11.8 Å². The molecule has 0 spiro atoms. The van der Waals surface area contributed by atoms with E-state index in [2.05, 4.69) is 5.32 Å². The van der Waals surface area contributed by atoms with Gasteiger partial charge < -0.3 is 15.8 Å². The molecule has 1 saturated heterocycles. The Balaban J connectivity index is 1.78. The normalized spacial score (nSPS) is 32.5. The van der Waals surface area contributed by atoms with Crippen LogP contribution in [0.25, 0.3) is 0 Å². The molecule has 16 heavy (non-hydrogen) atoms. The van der Waals surface area contributed by atoms with Gasteiger partial charge in [-0.15, -0.1) is 0 Å². The van der Waals surface area contributed by atoms with Gasteiger partial charge in [-0.2, -0.15) is 0 Å². The maximum Gasteiger partial charge on any atom is 0.220 e. The van der Waals surface area contributed by atoms with Crippen LogP contribution < -0.4 is 11.1 Å². The smallest absolute Gasteiger partial charge is 0.220 e. The number of carbonyl (C=O) groups excluding carboxylic acids is 1. The highest BCUT2D eigenvalue weighted by atomic mass is 16.5. The fourth-order valence-corrected chi connectivity index (χ4v) is 2.80. The fraction of sp³-hybridized carbons (Fsp3) is 0.917. The molecule has 3 N–H and O–H groups in total. The van der Waals surface area contributed by atoms with Crippen molar-refractivity contribution in [1.29, 1.82) is 0 Å². The van der Waals surface area contributed by atoms with E-state index < -0.39 is 0 Å². The van der Waals surface area contributed by atoms with Crippen molar-refractivity contribution in [2.75, 3.05) is 13.2 Å². The number of primary amides is 1. The van der Waals surface area contributed by atoms with Gasteiger partial charge in [0.2, 0.25) is 5.91 Å². The summed E-state index contributed by atoms with van der Waals surface area (Å²) in [4.78, 5) is 11.2. The fourth-order valence-electron chi connectivity index (χ4n) is 2.80. The molecule has 0 aromatic carbocycles. The van der Waals surface area contributed by atoms with Crippen LogP contribution in [0, 0.1) is 5.92 Å². The van der Waals surface area contributed by atoms with Gasteiger partial charge in [-0.3, -0.25) is 4.79 Å². The lowest BCUT2D eigenvalue weighted by molar-refractivity contribution is -0.123. The Bertz CT molecular complexity index is 239. The SMILES string of the molecule is NC(=O)C1CCCC(NC2CCOCC2)C1. The van der Waals surface area contributed by atoms with Gasteiger partial charge in [-0.05, 0) is 32.1 Å².